The van der Waals surface area contributed by atoms with Crippen LogP contribution < -0.4 is 5.44 Å². The van der Waals surface area contributed by atoms with E-state index in [1.807, 2.05) is 0 Å². The molecule has 0 saturated heterocycles. The number of hydrogen-bond donors (Lipinski definition) is 0. The van der Waals surface area contributed by atoms with Gasteiger partial charge in [-0.15, -0.1) is 0 Å². The van der Waals surface area contributed by atoms with Crippen molar-refractivity contribution in [3.05, 3.63) is 23.9 Å². The van der Waals surface area contributed by atoms with E-state index in [-0.39, 0.29) is 5.56 Å². The fraction of sp³-hybridized carbons (Fsp3) is 0.167. The molecule has 0 fully saturated rings. The van der Waals surface area contributed by atoms with Gasteiger partial charge < -0.3 is 0 Å². The third kappa shape index (κ3) is 1.71. The van der Waals surface area contributed by atoms with Crippen LogP contribution in [0.2, 0.25) is 0 Å². The molecule has 0 amide bonds. The highest BCUT2D eigenvalue weighted by Gasteiger charge is 2.04. The molecule has 0 spiro atoms. The highest BCUT2D eigenvalue weighted by molar-refractivity contribution is 7.26. The fourth-order valence-corrected chi connectivity index (χ4v) is 0.717. The summed E-state index contributed by atoms with van der Waals surface area (Å²) >= 11 is 0. The average molecular weight is 161 g/mol. The van der Waals surface area contributed by atoms with Crippen molar-refractivity contribution in [3.8, 4) is 0 Å². The lowest BCUT2D eigenvalue weighted by Gasteiger charge is -1.96. The van der Waals surface area contributed by atoms with E-state index < -0.39 is 6.43 Å². The molecule has 0 aromatic carbocycles. The highest BCUT2D eigenvalue weighted by Crippen LogP contribution is 2.15. The molecule has 1 unspecified atom stereocenters. The largest absolute Gasteiger partial charge is 0.265 e. The van der Waals surface area contributed by atoms with Gasteiger partial charge in [0, 0.05) is 11.8 Å². The van der Waals surface area contributed by atoms with Gasteiger partial charge in [0.1, 0.15) is 0 Å². The number of aromatic nitrogens is 1. The van der Waals surface area contributed by atoms with Crippen LogP contribution in [-0.2, 0) is 0 Å². The molecule has 0 bridgehead atoms. The summed E-state index contributed by atoms with van der Waals surface area (Å²) in [6.45, 7) is 0. The second kappa shape index (κ2) is 3.02. The zero-order valence-corrected chi connectivity index (χ0v) is 6.24. The smallest absolute Gasteiger partial charge is 0.257 e. The molecule has 0 saturated carbocycles. The van der Waals surface area contributed by atoms with Gasteiger partial charge in [0.15, 0.2) is 0 Å². The Kier molecular flexibility index (Phi) is 2.28. The molecule has 1 nitrogen and oxygen atoms in total. The van der Waals surface area contributed by atoms with Crippen LogP contribution in [0.15, 0.2) is 18.3 Å². The van der Waals surface area contributed by atoms with Crippen LogP contribution >= 0.6 is 9.24 Å². The Hall–Kier alpha value is -0.560. The summed E-state index contributed by atoms with van der Waals surface area (Å²) in [6, 6.07) is 2.90. The van der Waals surface area contributed by atoms with Crippen LogP contribution in [0.1, 0.15) is 12.0 Å². The molecule has 0 aliphatic rings. The average Bonchev–Trinajstić information content (AvgIpc) is 1.88. The number of rotatable bonds is 1. The van der Waals surface area contributed by atoms with Gasteiger partial charge in [0.05, 0.1) is 5.44 Å². The van der Waals surface area contributed by atoms with Crippen molar-refractivity contribution in [2.75, 3.05) is 0 Å². The van der Waals surface area contributed by atoms with Crippen LogP contribution in [0.5, 0.6) is 0 Å². The lowest BCUT2D eigenvalue weighted by Crippen LogP contribution is -1.97. The van der Waals surface area contributed by atoms with Crippen molar-refractivity contribution in [3.63, 3.8) is 0 Å². The molecule has 54 valence electrons. The minimum absolute atomic E-state index is 0.0359. The van der Waals surface area contributed by atoms with Crippen LogP contribution in [0, 0.1) is 0 Å². The minimum Gasteiger partial charge on any atom is -0.257 e. The molecule has 1 aromatic heterocycles. The monoisotopic (exact) mass is 161 g/mol. The maximum Gasteiger partial charge on any atom is 0.265 e. The molecule has 0 aliphatic heterocycles. The van der Waals surface area contributed by atoms with Gasteiger partial charge in [-0.1, -0.05) is 9.24 Å². The lowest BCUT2D eigenvalue weighted by atomic mass is 10.3. The van der Waals surface area contributed by atoms with E-state index in [4.69, 9.17) is 0 Å². The Bertz CT molecular complexity index is 209. The molecular formula is C6H6F2NP. The zero-order valence-electron chi connectivity index (χ0n) is 5.09. The maximum atomic E-state index is 11.9. The molecule has 1 atom stereocenters. The maximum absolute atomic E-state index is 11.9. The third-order valence-electron chi connectivity index (χ3n) is 1.06. The fourth-order valence-electron chi connectivity index (χ4n) is 0.546. The first-order valence-corrected chi connectivity index (χ1v) is 3.27. The SMILES string of the molecule is FC(F)c1ccc(P)nc1. The standard InChI is InChI=1S/C6H6F2NP/c7-6(8)4-1-2-5(10)9-3-4/h1-3,6H,10H2. The Morgan fingerprint density at radius 1 is 1.40 bits per heavy atom. The van der Waals surface area contributed by atoms with Gasteiger partial charge in [-0.05, 0) is 12.1 Å². The molecule has 0 aliphatic carbocycles. The van der Waals surface area contributed by atoms with E-state index in [1.165, 1.54) is 18.3 Å². The number of halogens is 2. The Morgan fingerprint density at radius 3 is 2.50 bits per heavy atom. The Balaban J connectivity index is 2.89. The van der Waals surface area contributed by atoms with Crippen LogP contribution in [-0.4, -0.2) is 4.98 Å². The number of hydrogen-bond acceptors (Lipinski definition) is 1. The van der Waals surface area contributed by atoms with Crippen molar-refractivity contribution >= 4 is 14.7 Å². The minimum atomic E-state index is -2.42. The molecule has 0 N–H and O–H groups in total. The Labute approximate surface area is 59.7 Å². The van der Waals surface area contributed by atoms with Crippen LogP contribution in [0.3, 0.4) is 0 Å². The number of nitrogens with zero attached hydrogens (tertiary/aromatic N) is 1. The van der Waals surface area contributed by atoms with Gasteiger partial charge in [-0.25, -0.2) is 8.78 Å². The highest BCUT2D eigenvalue weighted by atomic mass is 31.0. The lowest BCUT2D eigenvalue weighted by molar-refractivity contribution is 0.151. The first-order chi connectivity index (χ1) is 4.70. The molecule has 10 heavy (non-hydrogen) atoms. The molecule has 1 aromatic rings. The molecular weight excluding hydrogens is 155 g/mol. The van der Waals surface area contributed by atoms with E-state index in [2.05, 4.69) is 14.2 Å². The van der Waals surface area contributed by atoms with Gasteiger partial charge in [-0.2, -0.15) is 0 Å². The van der Waals surface area contributed by atoms with Crippen molar-refractivity contribution < 1.29 is 8.78 Å². The van der Waals surface area contributed by atoms with Crippen molar-refractivity contribution in [2.24, 2.45) is 0 Å². The van der Waals surface area contributed by atoms with Gasteiger partial charge >= 0.3 is 0 Å². The first kappa shape index (κ1) is 7.55. The molecule has 1 heterocycles. The number of pyridine rings is 1. The van der Waals surface area contributed by atoms with E-state index in [0.29, 0.717) is 5.44 Å². The summed E-state index contributed by atoms with van der Waals surface area (Å²) in [7, 11) is 2.33. The predicted molar refractivity (Wildman–Crippen MR) is 38.5 cm³/mol. The van der Waals surface area contributed by atoms with Crippen molar-refractivity contribution in [1.29, 1.82) is 0 Å². The van der Waals surface area contributed by atoms with E-state index in [1.54, 1.807) is 0 Å². The summed E-state index contributed by atoms with van der Waals surface area (Å²) in [5.41, 5.74) is 0.635. The van der Waals surface area contributed by atoms with Gasteiger partial charge in [-0.3, -0.25) is 4.98 Å². The normalized spacial score (nSPS) is 10.4. The predicted octanol–water partition coefficient (Wildman–Crippen LogP) is 1.52. The molecule has 0 radical (unpaired) electrons. The van der Waals surface area contributed by atoms with E-state index >= 15 is 0 Å². The summed E-state index contributed by atoms with van der Waals surface area (Å²) in [6.07, 6.45) is -1.24. The topological polar surface area (TPSA) is 12.9 Å². The second-order valence-corrected chi connectivity index (χ2v) is 2.41. The summed E-state index contributed by atoms with van der Waals surface area (Å²) < 4.78 is 23.7. The van der Waals surface area contributed by atoms with Crippen LogP contribution in [0.25, 0.3) is 0 Å². The second-order valence-electron chi connectivity index (χ2n) is 1.82. The van der Waals surface area contributed by atoms with E-state index in [0.717, 1.165) is 0 Å². The molecule has 4 heteroatoms. The van der Waals surface area contributed by atoms with Gasteiger partial charge in [0.2, 0.25) is 0 Å². The summed E-state index contributed by atoms with van der Waals surface area (Å²) in [5.74, 6) is 0. The number of alkyl halides is 2. The third-order valence-corrected chi connectivity index (χ3v) is 1.40. The molecule has 1 rings (SSSR count). The van der Waals surface area contributed by atoms with Crippen molar-refractivity contribution in [1.82, 2.24) is 4.98 Å². The van der Waals surface area contributed by atoms with Gasteiger partial charge in [0.25, 0.3) is 6.43 Å². The van der Waals surface area contributed by atoms with E-state index in [9.17, 15) is 8.78 Å². The van der Waals surface area contributed by atoms with Crippen molar-refractivity contribution in [2.45, 2.75) is 6.43 Å². The first-order valence-electron chi connectivity index (χ1n) is 2.69. The Morgan fingerprint density at radius 2 is 2.10 bits per heavy atom. The quantitative estimate of drug-likeness (QED) is 0.569. The zero-order chi connectivity index (χ0) is 7.56. The summed E-state index contributed by atoms with van der Waals surface area (Å²) in [5, 5.41) is 0. The van der Waals surface area contributed by atoms with Crippen LogP contribution in [0.4, 0.5) is 8.78 Å². The summed E-state index contributed by atoms with van der Waals surface area (Å²) in [4.78, 5) is 3.68.